The molecule has 2 aliphatic carbocycles. The molecule has 0 unspecified atom stereocenters. The molecule has 2 aliphatic rings. The van der Waals surface area contributed by atoms with Gasteiger partial charge in [-0.05, 0) is 42.7 Å². The summed E-state index contributed by atoms with van der Waals surface area (Å²) in [4.78, 5) is 4.60. The third-order valence-electron chi connectivity index (χ3n) is 6.09. The van der Waals surface area contributed by atoms with Crippen molar-refractivity contribution in [2.75, 3.05) is 5.43 Å². The van der Waals surface area contributed by atoms with Gasteiger partial charge in [0.2, 0.25) is 5.13 Å². The fourth-order valence-electron chi connectivity index (χ4n) is 4.13. The van der Waals surface area contributed by atoms with Crippen molar-refractivity contribution in [3.8, 4) is 0 Å². The van der Waals surface area contributed by atoms with E-state index in [1.165, 1.54) is 23.3 Å². The number of anilines is 1. The monoisotopic (exact) mass is 299 g/mol. The first kappa shape index (κ1) is 13.3. The van der Waals surface area contributed by atoms with E-state index in [1.807, 2.05) is 12.1 Å². The van der Waals surface area contributed by atoms with Crippen molar-refractivity contribution in [3.63, 3.8) is 0 Å². The van der Waals surface area contributed by atoms with Crippen LogP contribution in [-0.2, 0) is 0 Å². The largest absolute Gasteiger partial charge is 0.253 e. The molecule has 1 heterocycles. The first-order valence-electron chi connectivity index (χ1n) is 7.69. The van der Waals surface area contributed by atoms with Gasteiger partial charge in [-0.2, -0.15) is 5.10 Å². The second-order valence-corrected chi connectivity index (χ2v) is 8.18. The van der Waals surface area contributed by atoms with Gasteiger partial charge in [-0.15, -0.1) is 0 Å². The minimum atomic E-state index is 0.251. The Balaban J connectivity index is 1.62. The van der Waals surface area contributed by atoms with Gasteiger partial charge in [0.15, 0.2) is 0 Å². The van der Waals surface area contributed by atoms with E-state index in [4.69, 9.17) is 5.10 Å². The number of nitrogens with zero attached hydrogens (tertiary/aromatic N) is 2. The lowest BCUT2D eigenvalue weighted by Gasteiger charge is -2.34. The normalized spacial score (nSPS) is 32.1. The Hall–Kier alpha value is -1.42. The minimum absolute atomic E-state index is 0.251. The number of fused-ring (bicyclic) bond motifs is 3. The zero-order chi connectivity index (χ0) is 14.7. The van der Waals surface area contributed by atoms with Gasteiger partial charge in [-0.25, -0.2) is 4.98 Å². The highest BCUT2D eigenvalue weighted by atomic mass is 32.1. The van der Waals surface area contributed by atoms with Gasteiger partial charge in [0.25, 0.3) is 0 Å². The molecule has 3 nitrogen and oxygen atoms in total. The third-order valence-corrected chi connectivity index (χ3v) is 7.03. The standard InChI is InChI=1S/C17H21N3S/c1-16(2)11-8-9-17(16,3)14(10-11)19-20-15-18-12-6-4-5-7-13(12)21-15/h4-7,11H,8-10H2,1-3H3,(H,18,20)/b19-14-/t11-,17-/m0/s1. The number of rotatable bonds is 2. The van der Waals surface area contributed by atoms with E-state index >= 15 is 0 Å². The van der Waals surface area contributed by atoms with Crippen molar-refractivity contribution in [2.45, 2.75) is 40.0 Å². The van der Waals surface area contributed by atoms with Crippen molar-refractivity contribution in [2.24, 2.45) is 21.8 Å². The molecule has 1 N–H and O–H groups in total. The molecular formula is C17H21N3S. The lowest BCUT2D eigenvalue weighted by Crippen LogP contribution is -2.32. The van der Waals surface area contributed by atoms with Crippen LogP contribution in [0.5, 0.6) is 0 Å². The van der Waals surface area contributed by atoms with Gasteiger partial charge < -0.3 is 0 Å². The summed E-state index contributed by atoms with van der Waals surface area (Å²) in [6, 6.07) is 8.23. The van der Waals surface area contributed by atoms with E-state index < -0.39 is 0 Å². The summed E-state index contributed by atoms with van der Waals surface area (Å²) in [7, 11) is 0. The Labute approximate surface area is 129 Å². The molecule has 2 fully saturated rings. The van der Waals surface area contributed by atoms with Crippen LogP contribution in [-0.4, -0.2) is 10.7 Å². The van der Waals surface area contributed by atoms with E-state index in [9.17, 15) is 0 Å². The number of thiazole rings is 1. The molecule has 4 heteroatoms. The second-order valence-electron chi connectivity index (χ2n) is 7.15. The van der Waals surface area contributed by atoms with Gasteiger partial charge in [-0.3, -0.25) is 5.43 Å². The van der Waals surface area contributed by atoms with Gasteiger partial charge in [0.05, 0.1) is 10.2 Å². The van der Waals surface area contributed by atoms with Gasteiger partial charge in [-0.1, -0.05) is 44.2 Å². The summed E-state index contributed by atoms with van der Waals surface area (Å²) in [5.41, 5.74) is 6.23. The Morgan fingerprint density at radius 1 is 1.29 bits per heavy atom. The van der Waals surface area contributed by atoms with E-state index in [2.05, 4.69) is 43.3 Å². The maximum absolute atomic E-state index is 4.75. The van der Waals surface area contributed by atoms with E-state index in [1.54, 1.807) is 11.3 Å². The summed E-state index contributed by atoms with van der Waals surface area (Å²) in [5, 5.41) is 5.65. The van der Waals surface area contributed by atoms with Crippen LogP contribution in [0.3, 0.4) is 0 Å². The van der Waals surface area contributed by atoms with Crippen LogP contribution in [0.4, 0.5) is 5.13 Å². The lowest BCUT2D eigenvalue weighted by molar-refractivity contribution is 0.194. The molecule has 0 amide bonds. The molecule has 0 spiro atoms. The Morgan fingerprint density at radius 2 is 2.10 bits per heavy atom. The van der Waals surface area contributed by atoms with Gasteiger partial charge >= 0.3 is 0 Å². The molecular weight excluding hydrogens is 278 g/mol. The number of aromatic nitrogens is 1. The molecule has 0 radical (unpaired) electrons. The molecule has 4 rings (SSSR count). The molecule has 1 aromatic heterocycles. The van der Waals surface area contributed by atoms with Gasteiger partial charge in [0, 0.05) is 11.1 Å². The van der Waals surface area contributed by atoms with Crippen LogP contribution in [0.2, 0.25) is 0 Å². The first-order valence-corrected chi connectivity index (χ1v) is 8.51. The summed E-state index contributed by atoms with van der Waals surface area (Å²) < 4.78 is 1.21. The first-order chi connectivity index (χ1) is 10.0. The highest BCUT2D eigenvalue weighted by Crippen LogP contribution is 2.63. The average molecular weight is 299 g/mol. The Morgan fingerprint density at radius 3 is 2.76 bits per heavy atom. The Bertz CT molecular complexity index is 697. The molecule has 21 heavy (non-hydrogen) atoms. The van der Waals surface area contributed by atoms with E-state index in [-0.39, 0.29) is 5.41 Å². The molecule has 0 saturated heterocycles. The summed E-state index contributed by atoms with van der Waals surface area (Å²) in [6.45, 7) is 7.20. The maximum Gasteiger partial charge on any atom is 0.204 e. The highest BCUT2D eigenvalue weighted by molar-refractivity contribution is 7.22. The number of nitrogens with one attached hydrogen (secondary N) is 1. The zero-order valence-electron chi connectivity index (χ0n) is 12.8. The summed E-state index contributed by atoms with van der Waals surface area (Å²) in [5.74, 6) is 0.790. The Kier molecular flexibility index (Phi) is 2.71. The molecule has 2 aromatic rings. The molecule has 2 atom stereocenters. The van der Waals surface area contributed by atoms with Crippen molar-refractivity contribution in [1.29, 1.82) is 0 Å². The summed E-state index contributed by atoms with van der Waals surface area (Å²) in [6.07, 6.45) is 3.76. The third kappa shape index (κ3) is 1.78. The van der Waals surface area contributed by atoms with Crippen molar-refractivity contribution in [1.82, 2.24) is 4.98 Å². The highest BCUT2D eigenvalue weighted by Gasteiger charge is 2.59. The van der Waals surface area contributed by atoms with Crippen LogP contribution in [0.25, 0.3) is 10.2 Å². The van der Waals surface area contributed by atoms with Crippen molar-refractivity contribution < 1.29 is 0 Å². The second kappa shape index (κ2) is 4.29. The zero-order valence-corrected chi connectivity index (χ0v) is 13.6. The predicted octanol–water partition coefficient (Wildman–Crippen LogP) is 4.91. The molecule has 2 bridgehead atoms. The van der Waals surface area contributed by atoms with Crippen LogP contribution in [0.1, 0.15) is 40.0 Å². The van der Waals surface area contributed by atoms with Crippen LogP contribution >= 0.6 is 11.3 Å². The number of hydrazone groups is 1. The predicted molar refractivity (Wildman–Crippen MR) is 89.9 cm³/mol. The van der Waals surface area contributed by atoms with Crippen molar-refractivity contribution in [3.05, 3.63) is 24.3 Å². The summed E-state index contributed by atoms with van der Waals surface area (Å²) >= 11 is 1.67. The number of benzene rings is 1. The lowest BCUT2D eigenvalue weighted by atomic mass is 9.70. The van der Waals surface area contributed by atoms with Crippen molar-refractivity contribution >= 4 is 32.4 Å². The van der Waals surface area contributed by atoms with E-state index in [0.717, 1.165) is 23.0 Å². The van der Waals surface area contributed by atoms with Gasteiger partial charge in [0.1, 0.15) is 0 Å². The molecule has 2 saturated carbocycles. The SMILES string of the molecule is CC1(C)[C@H]2CC[C@@]1(C)/C(=N\Nc1nc3ccccc3s1)C2. The fourth-order valence-corrected chi connectivity index (χ4v) is 4.94. The molecule has 1 aromatic carbocycles. The topological polar surface area (TPSA) is 37.3 Å². The molecule has 110 valence electrons. The van der Waals surface area contributed by atoms with Crippen LogP contribution < -0.4 is 5.43 Å². The quantitative estimate of drug-likeness (QED) is 0.800. The van der Waals surface area contributed by atoms with Crippen LogP contribution in [0.15, 0.2) is 29.4 Å². The maximum atomic E-state index is 4.75. The van der Waals surface area contributed by atoms with E-state index in [0.29, 0.717) is 5.41 Å². The number of hydrogen-bond acceptors (Lipinski definition) is 4. The smallest absolute Gasteiger partial charge is 0.204 e. The number of para-hydroxylation sites is 1. The fraction of sp³-hybridized carbons (Fsp3) is 0.529. The minimum Gasteiger partial charge on any atom is -0.253 e. The number of hydrogen-bond donors (Lipinski definition) is 1. The average Bonchev–Trinajstić information content (AvgIpc) is 3.02. The van der Waals surface area contributed by atoms with Crippen LogP contribution in [0, 0.1) is 16.7 Å². The molecule has 0 aliphatic heterocycles.